The highest BCUT2D eigenvalue weighted by Gasteiger charge is 2.26. The first kappa shape index (κ1) is 20.2. The van der Waals surface area contributed by atoms with Gasteiger partial charge in [0.25, 0.3) is 0 Å². The largest absolute Gasteiger partial charge is 0.324 e. The summed E-state index contributed by atoms with van der Waals surface area (Å²) in [6.45, 7) is 3.91. The first-order valence-corrected chi connectivity index (χ1v) is 8.13. The fraction of sp³-hybridized carbons (Fsp3) is 0.462. The zero-order valence-corrected chi connectivity index (χ0v) is 14.3. The highest BCUT2D eigenvalue weighted by Crippen LogP contribution is 2.23. The molecule has 0 radical (unpaired) electrons. The lowest BCUT2D eigenvalue weighted by Gasteiger charge is -2.26. The Kier molecular flexibility index (Phi) is 7.65. The highest BCUT2D eigenvalue weighted by molar-refractivity contribution is 7.89. The lowest BCUT2D eigenvalue weighted by atomic mass is 9.95. The minimum atomic E-state index is -3.82. The molecular weight excluding hydrogens is 333 g/mol. The van der Waals surface area contributed by atoms with Gasteiger partial charge in [0.05, 0.1) is 10.6 Å². The van der Waals surface area contributed by atoms with E-state index in [2.05, 4.69) is 4.72 Å². The average molecular weight is 352 g/mol. The third-order valence-electron chi connectivity index (χ3n) is 3.40. The summed E-state index contributed by atoms with van der Waals surface area (Å²) in [6.07, 6.45) is 1.29. The van der Waals surface area contributed by atoms with Gasteiger partial charge in [-0.25, -0.2) is 13.1 Å². The van der Waals surface area contributed by atoms with Crippen molar-refractivity contribution in [2.45, 2.75) is 37.1 Å². The van der Waals surface area contributed by atoms with Crippen LogP contribution in [0.15, 0.2) is 23.1 Å². The topological polar surface area (TPSA) is 96.0 Å². The van der Waals surface area contributed by atoms with Gasteiger partial charge >= 0.3 is 0 Å². The number of nitrogens with zero attached hydrogens (tertiary/aromatic N) is 1. The van der Waals surface area contributed by atoms with E-state index < -0.39 is 15.6 Å². The Morgan fingerprint density at radius 3 is 2.43 bits per heavy atom. The molecule has 0 bridgehead atoms. The quantitative estimate of drug-likeness (QED) is 0.822. The lowest BCUT2D eigenvalue weighted by Crippen LogP contribution is -2.49. The molecule has 21 heavy (non-hydrogen) atoms. The van der Waals surface area contributed by atoms with Crippen molar-refractivity contribution in [1.29, 1.82) is 5.26 Å². The maximum atomic E-state index is 12.3. The summed E-state index contributed by atoms with van der Waals surface area (Å²) in [7, 11) is -3.82. The maximum Gasteiger partial charge on any atom is 0.242 e. The van der Waals surface area contributed by atoms with Crippen molar-refractivity contribution >= 4 is 34.0 Å². The van der Waals surface area contributed by atoms with Crippen LogP contribution in [-0.4, -0.2) is 20.5 Å². The molecule has 0 amide bonds. The standard InChI is InChI=1S/C13H18ClN3O2S.ClH/c1-3-13(16,4-2)9-17-20(18,19)12-7-5-6-11(14)10(12)8-15;/h5-7,17H,3-4,9,16H2,1-2H3;1H. The molecule has 0 aliphatic rings. The van der Waals surface area contributed by atoms with Crippen LogP contribution in [0.5, 0.6) is 0 Å². The van der Waals surface area contributed by atoms with E-state index in [-0.39, 0.29) is 34.4 Å². The van der Waals surface area contributed by atoms with Gasteiger partial charge in [0.15, 0.2) is 0 Å². The van der Waals surface area contributed by atoms with Crippen LogP contribution in [0.2, 0.25) is 5.02 Å². The molecule has 0 fully saturated rings. The van der Waals surface area contributed by atoms with E-state index in [1.807, 2.05) is 19.9 Å². The number of nitriles is 1. The minimum Gasteiger partial charge on any atom is -0.324 e. The summed E-state index contributed by atoms with van der Waals surface area (Å²) in [5.74, 6) is 0. The molecule has 0 saturated heterocycles. The van der Waals surface area contributed by atoms with Crippen LogP contribution in [-0.2, 0) is 10.0 Å². The van der Waals surface area contributed by atoms with Crippen molar-refractivity contribution in [3.8, 4) is 6.07 Å². The summed E-state index contributed by atoms with van der Waals surface area (Å²) in [5.41, 5.74) is 5.41. The number of halogens is 2. The third-order valence-corrected chi connectivity index (χ3v) is 5.16. The van der Waals surface area contributed by atoms with Gasteiger partial charge in [0, 0.05) is 12.1 Å². The fourth-order valence-corrected chi connectivity index (χ4v) is 3.24. The zero-order valence-electron chi connectivity index (χ0n) is 11.9. The van der Waals surface area contributed by atoms with E-state index in [1.165, 1.54) is 18.2 Å². The van der Waals surface area contributed by atoms with Crippen LogP contribution < -0.4 is 10.5 Å². The molecule has 0 aromatic heterocycles. The van der Waals surface area contributed by atoms with Crippen molar-refractivity contribution in [3.63, 3.8) is 0 Å². The smallest absolute Gasteiger partial charge is 0.242 e. The van der Waals surface area contributed by atoms with Gasteiger partial charge in [0.2, 0.25) is 10.0 Å². The van der Waals surface area contributed by atoms with E-state index in [1.54, 1.807) is 0 Å². The van der Waals surface area contributed by atoms with Gasteiger partial charge in [-0.05, 0) is 25.0 Å². The molecule has 0 unspecified atom stereocenters. The molecule has 8 heteroatoms. The SMILES string of the molecule is CCC(N)(CC)CNS(=O)(=O)c1cccc(Cl)c1C#N.Cl. The second kappa shape index (κ2) is 7.97. The maximum absolute atomic E-state index is 12.3. The summed E-state index contributed by atoms with van der Waals surface area (Å²) >= 11 is 5.84. The molecule has 1 rings (SSSR count). The first-order valence-electron chi connectivity index (χ1n) is 6.27. The molecule has 0 heterocycles. The Morgan fingerprint density at radius 1 is 1.38 bits per heavy atom. The first-order chi connectivity index (χ1) is 9.29. The Bertz CT molecular complexity index is 623. The number of hydrogen-bond acceptors (Lipinski definition) is 4. The summed E-state index contributed by atoms with van der Waals surface area (Å²) in [4.78, 5) is -0.123. The number of benzene rings is 1. The van der Waals surface area contributed by atoms with Gasteiger partial charge in [-0.15, -0.1) is 12.4 Å². The predicted molar refractivity (Wildman–Crippen MR) is 86.1 cm³/mol. The molecule has 0 aliphatic heterocycles. The van der Waals surface area contributed by atoms with Crippen molar-refractivity contribution in [2.24, 2.45) is 5.73 Å². The normalized spacial score (nSPS) is 11.6. The highest BCUT2D eigenvalue weighted by atomic mass is 35.5. The second-order valence-electron chi connectivity index (χ2n) is 4.62. The number of nitrogens with two attached hydrogens (primary N) is 1. The van der Waals surface area contributed by atoms with Crippen LogP contribution in [0, 0.1) is 11.3 Å². The van der Waals surface area contributed by atoms with Crippen molar-refractivity contribution in [3.05, 3.63) is 28.8 Å². The van der Waals surface area contributed by atoms with Crippen molar-refractivity contribution in [2.75, 3.05) is 6.54 Å². The van der Waals surface area contributed by atoms with Crippen LogP contribution in [0.4, 0.5) is 0 Å². The molecule has 0 atom stereocenters. The van der Waals surface area contributed by atoms with Crippen molar-refractivity contribution < 1.29 is 8.42 Å². The fourth-order valence-electron chi connectivity index (χ4n) is 1.65. The van der Waals surface area contributed by atoms with E-state index in [0.717, 1.165) is 0 Å². The van der Waals surface area contributed by atoms with Crippen LogP contribution in [0.3, 0.4) is 0 Å². The van der Waals surface area contributed by atoms with E-state index in [0.29, 0.717) is 12.8 Å². The van der Waals surface area contributed by atoms with Gasteiger partial charge in [0.1, 0.15) is 11.0 Å². The second-order valence-corrected chi connectivity index (χ2v) is 6.76. The average Bonchev–Trinajstić information content (AvgIpc) is 2.44. The third kappa shape index (κ3) is 4.83. The van der Waals surface area contributed by atoms with Gasteiger partial charge in [-0.1, -0.05) is 31.5 Å². The summed E-state index contributed by atoms with van der Waals surface area (Å²) in [6, 6.07) is 6.13. The molecule has 0 aliphatic carbocycles. The van der Waals surface area contributed by atoms with E-state index in [9.17, 15) is 8.42 Å². The number of rotatable bonds is 6. The molecule has 3 N–H and O–H groups in total. The van der Waals surface area contributed by atoms with Gasteiger partial charge in [-0.2, -0.15) is 5.26 Å². The number of hydrogen-bond donors (Lipinski definition) is 2. The lowest BCUT2D eigenvalue weighted by molar-refractivity contribution is 0.391. The predicted octanol–water partition coefficient (Wildman–Crippen LogP) is 2.43. The van der Waals surface area contributed by atoms with Crippen LogP contribution in [0.1, 0.15) is 32.3 Å². The molecular formula is C13H19Cl2N3O2S. The molecule has 1 aromatic carbocycles. The van der Waals surface area contributed by atoms with Crippen LogP contribution >= 0.6 is 24.0 Å². The monoisotopic (exact) mass is 351 g/mol. The van der Waals surface area contributed by atoms with Gasteiger partial charge < -0.3 is 5.73 Å². The molecule has 118 valence electrons. The number of sulfonamides is 1. The Balaban J connectivity index is 0.00000400. The molecule has 0 saturated carbocycles. The Hall–Kier alpha value is -0.840. The van der Waals surface area contributed by atoms with Crippen molar-refractivity contribution in [1.82, 2.24) is 4.72 Å². The Morgan fingerprint density at radius 2 is 1.95 bits per heavy atom. The van der Waals surface area contributed by atoms with E-state index >= 15 is 0 Å². The summed E-state index contributed by atoms with van der Waals surface area (Å²) < 4.78 is 27.0. The molecule has 0 spiro atoms. The van der Waals surface area contributed by atoms with Crippen LogP contribution in [0.25, 0.3) is 0 Å². The molecule has 5 nitrogen and oxygen atoms in total. The van der Waals surface area contributed by atoms with Gasteiger partial charge in [-0.3, -0.25) is 0 Å². The number of nitrogens with one attached hydrogen (secondary N) is 1. The summed E-state index contributed by atoms with van der Waals surface area (Å²) in [5, 5.41) is 9.14. The zero-order chi connectivity index (χ0) is 15.4. The Labute approximate surface area is 136 Å². The molecule has 1 aromatic rings. The van der Waals surface area contributed by atoms with E-state index in [4.69, 9.17) is 22.6 Å². The minimum absolute atomic E-state index is 0.